The predicted molar refractivity (Wildman–Crippen MR) is 92.1 cm³/mol. The molecule has 0 saturated carbocycles. The third-order valence-electron chi connectivity index (χ3n) is 3.85. The van der Waals surface area contributed by atoms with Gasteiger partial charge < -0.3 is 16.0 Å². The predicted octanol–water partition coefficient (Wildman–Crippen LogP) is 3.65. The number of carbonyl (C=O) groups excluding carboxylic acids is 1. The topological polar surface area (TPSA) is 83.8 Å². The number of aromatic amines is 1. The molecule has 0 aliphatic carbocycles. The quantitative estimate of drug-likeness (QED) is 0.644. The minimum Gasteiger partial charge on any atom is -0.331 e. The van der Waals surface area contributed by atoms with Gasteiger partial charge in [0, 0.05) is 12.0 Å². The largest absolute Gasteiger partial charge is 0.331 e. The summed E-state index contributed by atoms with van der Waals surface area (Å²) < 4.78 is 0. The van der Waals surface area contributed by atoms with Gasteiger partial charge in [0.15, 0.2) is 0 Å². The van der Waals surface area contributed by atoms with Crippen molar-refractivity contribution in [2.24, 2.45) is 11.7 Å². The number of allylic oxidation sites excluding steroid dienone is 1. The number of para-hydroxylation sites is 1. The second-order valence-corrected chi connectivity index (χ2v) is 6.21. The lowest BCUT2D eigenvalue weighted by Crippen LogP contribution is -2.15. The maximum absolute atomic E-state index is 12.2. The van der Waals surface area contributed by atoms with E-state index in [-0.39, 0.29) is 17.9 Å². The van der Waals surface area contributed by atoms with Crippen molar-refractivity contribution >= 4 is 23.2 Å². The lowest BCUT2D eigenvalue weighted by atomic mass is 10.0. The molecule has 2 bridgehead atoms. The van der Waals surface area contributed by atoms with E-state index in [4.69, 9.17) is 17.3 Å². The Morgan fingerprint density at radius 1 is 1.35 bits per heavy atom. The van der Waals surface area contributed by atoms with Gasteiger partial charge in [0.25, 0.3) is 0 Å². The molecule has 0 saturated heterocycles. The second-order valence-electron chi connectivity index (χ2n) is 5.83. The molecule has 4 N–H and O–H groups in total. The standard InChI is InChI=1S/C17H19ClN4O/c1-10-5-4-7-12(19)17-21-15(16(18)22-17)11-6-2-3-8-13(11)20-14(23)9-10/h2-6,8,10,12H,7,9,19H2,1H3,(H,20,23)(H,21,22)/b5-4-. The van der Waals surface area contributed by atoms with E-state index in [1.807, 2.05) is 43.3 Å². The summed E-state index contributed by atoms with van der Waals surface area (Å²) in [7, 11) is 0. The van der Waals surface area contributed by atoms with Gasteiger partial charge in [-0.25, -0.2) is 4.98 Å². The molecule has 1 aromatic carbocycles. The van der Waals surface area contributed by atoms with Crippen LogP contribution in [-0.4, -0.2) is 15.9 Å². The van der Waals surface area contributed by atoms with E-state index in [9.17, 15) is 4.79 Å². The lowest BCUT2D eigenvalue weighted by molar-refractivity contribution is -0.116. The fraction of sp³-hybridized carbons (Fsp3) is 0.294. The number of benzene rings is 1. The van der Waals surface area contributed by atoms with Gasteiger partial charge in [-0.05, 0) is 18.4 Å². The summed E-state index contributed by atoms with van der Waals surface area (Å²) in [6.07, 6.45) is 5.05. The molecule has 0 spiro atoms. The van der Waals surface area contributed by atoms with Crippen LogP contribution in [0.25, 0.3) is 11.3 Å². The van der Waals surface area contributed by atoms with Crippen LogP contribution < -0.4 is 11.1 Å². The van der Waals surface area contributed by atoms with E-state index >= 15 is 0 Å². The minimum atomic E-state index is -0.263. The van der Waals surface area contributed by atoms with Crippen LogP contribution in [0.2, 0.25) is 5.15 Å². The molecular formula is C17H19ClN4O. The fourth-order valence-corrected chi connectivity index (χ4v) is 2.89. The number of aromatic nitrogens is 2. The molecule has 120 valence electrons. The van der Waals surface area contributed by atoms with Gasteiger partial charge in [-0.15, -0.1) is 0 Å². The number of halogens is 1. The summed E-state index contributed by atoms with van der Waals surface area (Å²) in [6, 6.07) is 7.22. The summed E-state index contributed by atoms with van der Waals surface area (Å²) in [4.78, 5) is 19.8. The van der Waals surface area contributed by atoms with Crippen molar-refractivity contribution in [3.05, 3.63) is 47.4 Å². The first-order chi connectivity index (χ1) is 11.0. The van der Waals surface area contributed by atoms with Gasteiger partial charge in [-0.2, -0.15) is 0 Å². The van der Waals surface area contributed by atoms with Gasteiger partial charge in [0.05, 0.1) is 11.7 Å². The first kappa shape index (κ1) is 15.8. The highest BCUT2D eigenvalue weighted by Crippen LogP contribution is 2.33. The molecule has 6 heteroatoms. The Morgan fingerprint density at radius 2 is 2.13 bits per heavy atom. The summed E-state index contributed by atoms with van der Waals surface area (Å²) in [5.41, 5.74) is 8.25. The van der Waals surface area contributed by atoms with Crippen molar-refractivity contribution in [2.45, 2.75) is 25.8 Å². The monoisotopic (exact) mass is 330 g/mol. The minimum absolute atomic E-state index is 0.0370. The summed E-state index contributed by atoms with van der Waals surface area (Å²) >= 11 is 6.30. The highest BCUT2D eigenvalue weighted by molar-refractivity contribution is 6.32. The molecule has 1 aliphatic rings. The van der Waals surface area contributed by atoms with Gasteiger partial charge in [-0.3, -0.25) is 4.79 Å². The molecule has 1 aromatic heterocycles. The number of nitrogens with zero attached hydrogens (tertiary/aromatic N) is 1. The normalized spacial score (nSPS) is 23.0. The SMILES string of the molecule is CC1/C=C\CC(N)c2nc(c(Cl)[nH]2)-c2ccccc2NC(=O)C1. The number of hydrogen-bond donors (Lipinski definition) is 3. The number of hydrogen-bond acceptors (Lipinski definition) is 3. The third kappa shape index (κ3) is 3.46. The van der Waals surface area contributed by atoms with Gasteiger partial charge in [0.2, 0.25) is 5.91 Å². The molecule has 2 atom stereocenters. The second kappa shape index (κ2) is 6.56. The van der Waals surface area contributed by atoms with E-state index in [2.05, 4.69) is 15.3 Å². The Hall–Kier alpha value is -2.11. The molecule has 5 nitrogen and oxygen atoms in total. The van der Waals surface area contributed by atoms with Crippen molar-refractivity contribution in [1.82, 2.24) is 9.97 Å². The Labute approximate surface area is 139 Å². The molecule has 23 heavy (non-hydrogen) atoms. The van der Waals surface area contributed by atoms with E-state index in [0.717, 1.165) is 5.56 Å². The summed E-state index contributed by atoms with van der Waals surface area (Å²) in [5, 5.41) is 3.37. The average molecular weight is 331 g/mol. The molecule has 2 unspecified atom stereocenters. The van der Waals surface area contributed by atoms with Gasteiger partial charge >= 0.3 is 0 Å². The van der Waals surface area contributed by atoms with Crippen molar-refractivity contribution in [3.8, 4) is 11.3 Å². The Morgan fingerprint density at radius 3 is 2.96 bits per heavy atom. The number of carbonyl (C=O) groups is 1. The first-order valence-electron chi connectivity index (χ1n) is 7.61. The highest BCUT2D eigenvalue weighted by Gasteiger charge is 2.19. The van der Waals surface area contributed by atoms with Crippen LogP contribution in [0.15, 0.2) is 36.4 Å². The van der Waals surface area contributed by atoms with Crippen molar-refractivity contribution in [2.75, 3.05) is 5.32 Å². The third-order valence-corrected chi connectivity index (χ3v) is 4.12. The van der Waals surface area contributed by atoms with Crippen molar-refractivity contribution in [1.29, 1.82) is 0 Å². The Kier molecular flexibility index (Phi) is 4.50. The van der Waals surface area contributed by atoms with Crippen molar-refractivity contribution in [3.63, 3.8) is 0 Å². The van der Waals surface area contributed by atoms with Crippen LogP contribution in [0.5, 0.6) is 0 Å². The van der Waals surface area contributed by atoms with Crippen molar-refractivity contribution < 1.29 is 4.79 Å². The molecular weight excluding hydrogens is 312 g/mol. The zero-order valence-corrected chi connectivity index (χ0v) is 13.6. The van der Waals surface area contributed by atoms with Crippen LogP contribution >= 0.6 is 11.6 Å². The number of H-pyrrole nitrogens is 1. The molecule has 2 heterocycles. The zero-order valence-electron chi connectivity index (χ0n) is 12.8. The molecule has 1 aliphatic heterocycles. The first-order valence-corrected chi connectivity index (χ1v) is 7.99. The van der Waals surface area contributed by atoms with Crippen LogP contribution in [0.3, 0.4) is 0 Å². The van der Waals surface area contributed by atoms with Gasteiger partial charge in [0.1, 0.15) is 16.7 Å². The number of imidazole rings is 1. The maximum atomic E-state index is 12.2. The number of rotatable bonds is 0. The number of anilines is 1. The highest BCUT2D eigenvalue weighted by atomic mass is 35.5. The zero-order chi connectivity index (χ0) is 16.4. The Bertz CT molecular complexity index is 753. The summed E-state index contributed by atoms with van der Waals surface area (Å²) in [6.45, 7) is 2.01. The van der Waals surface area contributed by atoms with E-state index < -0.39 is 0 Å². The molecule has 0 radical (unpaired) electrons. The molecule has 3 rings (SSSR count). The van der Waals surface area contributed by atoms with E-state index in [1.165, 1.54) is 0 Å². The van der Waals surface area contributed by atoms with Crippen LogP contribution in [0.1, 0.15) is 31.6 Å². The molecule has 0 fully saturated rings. The van der Waals surface area contributed by atoms with E-state index in [0.29, 0.717) is 35.2 Å². The summed E-state index contributed by atoms with van der Waals surface area (Å²) in [5.74, 6) is 0.748. The molecule has 2 aromatic rings. The number of nitrogens with two attached hydrogens (primary N) is 1. The smallest absolute Gasteiger partial charge is 0.224 e. The average Bonchev–Trinajstić information content (AvgIpc) is 2.89. The van der Waals surface area contributed by atoms with Crippen LogP contribution in [-0.2, 0) is 4.79 Å². The number of nitrogens with one attached hydrogen (secondary N) is 2. The number of amides is 1. The number of fused-ring (bicyclic) bond motifs is 4. The maximum Gasteiger partial charge on any atom is 0.224 e. The molecule has 1 amide bonds. The Balaban J connectivity index is 2.09. The van der Waals surface area contributed by atoms with E-state index in [1.54, 1.807) is 0 Å². The van der Waals surface area contributed by atoms with Gasteiger partial charge in [-0.1, -0.05) is 48.9 Å². The fourth-order valence-electron chi connectivity index (χ4n) is 2.65. The lowest BCUT2D eigenvalue weighted by Gasteiger charge is -2.11. The van der Waals surface area contributed by atoms with Crippen LogP contribution in [0.4, 0.5) is 5.69 Å². The van der Waals surface area contributed by atoms with Crippen LogP contribution in [0, 0.1) is 5.92 Å².